The summed E-state index contributed by atoms with van der Waals surface area (Å²) in [5.41, 5.74) is 4.32. The minimum absolute atomic E-state index is 0.0117. The Morgan fingerprint density at radius 1 is 0.970 bits per heavy atom. The molecule has 2 heterocycles. The van der Waals surface area contributed by atoms with Crippen LogP contribution in [0, 0.1) is 12.7 Å². The van der Waals surface area contributed by atoms with Crippen LogP contribution in [-0.4, -0.2) is 49.0 Å². The van der Waals surface area contributed by atoms with Crippen LogP contribution in [0.3, 0.4) is 0 Å². The first-order chi connectivity index (χ1) is 16.0. The number of benzene rings is 2. The number of hydrogen-bond acceptors (Lipinski definition) is 6. The third-order valence-electron chi connectivity index (χ3n) is 6.63. The second kappa shape index (κ2) is 8.81. The van der Waals surface area contributed by atoms with E-state index in [9.17, 15) is 9.18 Å². The van der Waals surface area contributed by atoms with Crippen LogP contribution in [0.5, 0.6) is 5.75 Å². The highest BCUT2D eigenvalue weighted by Gasteiger charge is 2.31. The zero-order valence-electron chi connectivity index (χ0n) is 18.9. The summed E-state index contributed by atoms with van der Waals surface area (Å²) in [5, 5.41) is 0. The predicted molar refractivity (Wildman–Crippen MR) is 126 cm³/mol. The molecular formula is C26H27FN4O2. The highest BCUT2D eigenvalue weighted by atomic mass is 19.1. The molecule has 2 aliphatic rings. The molecule has 33 heavy (non-hydrogen) atoms. The Bertz CT molecular complexity index is 1170. The van der Waals surface area contributed by atoms with Gasteiger partial charge >= 0.3 is 0 Å². The number of Topliss-reactive ketones (excluding diaryl/α,β-unsaturated/α-hetero) is 1. The van der Waals surface area contributed by atoms with Gasteiger partial charge in [-0.1, -0.05) is 18.2 Å². The molecule has 6 nitrogen and oxygen atoms in total. The molecule has 170 valence electrons. The molecule has 0 spiro atoms. The van der Waals surface area contributed by atoms with E-state index >= 15 is 0 Å². The number of piperazine rings is 1. The fourth-order valence-corrected chi connectivity index (χ4v) is 4.84. The van der Waals surface area contributed by atoms with Gasteiger partial charge in [0.2, 0.25) is 5.95 Å². The van der Waals surface area contributed by atoms with Crippen molar-refractivity contribution < 1.29 is 13.9 Å². The van der Waals surface area contributed by atoms with Gasteiger partial charge in [-0.25, -0.2) is 14.4 Å². The van der Waals surface area contributed by atoms with Gasteiger partial charge < -0.3 is 14.5 Å². The minimum atomic E-state index is -0.269. The zero-order chi connectivity index (χ0) is 22.9. The molecule has 0 amide bonds. The van der Waals surface area contributed by atoms with Gasteiger partial charge in [-0.2, -0.15) is 0 Å². The van der Waals surface area contributed by atoms with E-state index in [1.54, 1.807) is 19.2 Å². The Kier molecular flexibility index (Phi) is 5.70. The van der Waals surface area contributed by atoms with E-state index in [1.165, 1.54) is 12.1 Å². The normalized spacial score (nSPS) is 18.3. The zero-order valence-corrected chi connectivity index (χ0v) is 18.9. The molecular weight excluding hydrogens is 419 g/mol. The summed E-state index contributed by atoms with van der Waals surface area (Å²) >= 11 is 0. The lowest BCUT2D eigenvalue weighted by atomic mass is 9.81. The Morgan fingerprint density at radius 2 is 1.70 bits per heavy atom. The Labute approximate surface area is 193 Å². The fourth-order valence-electron chi connectivity index (χ4n) is 4.84. The van der Waals surface area contributed by atoms with Crippen LogP contribution < -0.4 is 14.5 Å². The fraction of sp³-hybridized carbons (Fsp3) is 0.346. The maximum absolute atomic E-state index is 13.4. The number of ketones is 1. The summed E-state index contributed by atoms with van der Waals surface area (Å²) in [6.45, 7) is 5.19. The van der Waals surface area contributed by atoms with Crippen molar-refractivity contribution in [3.05, 3.63) is 76.9 Å². The van der Waals surface area contributed by atoms with Crippen molar-refractivity contribution in [3.63, 3.8) is 0 Å². The number of methoxy groups -OCH3 is 1. The minimum Gasteiger partial charge on any atom is -0.497 e. The second-order valence-corrected chi connectivity index (χ2v) is 8.69. The Balaban J connectivity index is 1.34. The molecule has 1 saturated heterocycles. The van der Waals surface area contributed by atoms with Gasteiger partial charge in [0.25, 0.3) is 0 Å². The van der Waals surface area contributed by atoms with E-state index in [2.05, 4.69) is 21.9 Å². The van der Waals surface area contributed by atoms with Crippen LogP contribution in [0.4, 0.5) is 16.0 Å². The lowest BCUT2D eigenvalue weighted by Gasteiger charge is -2.36. The Hall–Kier alpha value is -3.48. The van der Waals surface area contributed by atoms with Crippen molar-refractivity contribution in [2.24, 2.45) is 0 Å². The first-order valence-electron chi connectivity index (χ1n) is 11.3. The first kappa shape index (κ1) is 21.4. The Morgan fingerprint density at radius 3 is 2.42 bits per heavy atom. The predicted octanol–water partition coefficient (Wildman–Crippen LogP) is 4.17. The first-order valence-corrected chi connectivity index (χ1v) is 11.3. The third-order valence-corrected chi connectivity index (χ3v) is 6.63. The van der Waals surface area contributed by atoms with E-state index in [4.69, 9.17) is 14.7 Å². The SMILES string of the molecule is COc1cccc(N2CCN(c3nc(C)c4c(n3)C[C@@H](c3ccc(F)cc3)CC4=O)CC2)c1. The molecule has 3 aromatic rings. The van der Waals surface area contributed by atoms with Gasteiger partial charge in [-0.3, -0.25) is 4.79 Å². The summed E-state index contributed by atoms with van der Waals surface area (Å²) in [4.78, 5) is 27.0. The average Bonchev–Trinajstić information content (AvgIpc) is 2.84. The molecule has 1 aliphatic carbocycles. The highest BCUT2D eigenvalue weighted by Crippen LogP contribution is 2.34. The number of hydrogen-bond donors (Lipinski definition) is 0. The summed E-state index contributed by atoms with van der Waals surface area (Å²) in [5.74, 6) is 1.35. The number of aromatic nitrogens is 2. The number of ether oxygens (including phenoxy) is 1. The molecule has 1 aromatic heterocycles. The maximum atomic E-state index is 13.4. The molecule has 0 saturated carbocycles. The quantitative estimate of drug-likeness (QED) is 0.600. The second-order valence-electron chi connectivity index (χ2n) is 8.69. The summed E-state index contributed by atoms with van der Waals surface area (Å²) in [6.07, 6.45) is 1.06. The summed E-state index contributed by atoms with van der Waals surface area (Å²) < 4.78 is 18.7. The van der Waals surface area contributed by atoms with E-state index in [0.717, 1.165) is 54.6 Å². The van der Waals surface area contributed by atoms with Crippen molar-refractivity contribution >= 4 is 17.4 Å². The van der Waals surface area contributed by atoms with Crippen LogP contribution in [0.25, 0.3) is 0 Å². The number of halogens is 1. The monoisotopic (exact) mass is 446 g/mol. The number of carbonyl (C=O) groups is 1. The molecule has 0 N–H and O–H groups in total. The lowest BCUT2D eigenvalue weighted by Crippen LogP contribution is -2.47. The van der Waals surface area contributed by atoms with E-state index in [-0.39, 0.29) is 17.5 Å². The maximum Gasteiger partial charge on any atom is 0.225 e. The van der Waals surface area contributed by atoms with E-state index < -0.39 is 0 Å². The number of rotatable bonds is 4. The van der Waals surface area contributed by atoms with Gasteiger partial charge in [-0.15, -0.1) is 0 Å². The standard InChI is InChI=1S/C26H27FN4O2/c1-17-25-23(14-19(15-24(25)32)18-6-8-20(27)9-7-18)29-26(28-17)31-12-10-30(11-13-31)21-4-3-5-22(16-21)33-2/h3-9,16,19H,10-15H2,1-2H3/t19-/m1/s1. The summed E-state index contributed by atoms with van der Waals surface area (Å²) in [6, 6.07) is 14.5. The number of anilines is 2. The topological polar surface area (TPSA) is 58.6 Å². The van der Waals surface area contributed by atoms with Crippen molar-refractivity contribution in [2.75, 3.05) is 43.1 Å². The van der Waals surface area contributed by atoms with Gasteiger partial charge in [0.15, 0.2) is 5.78 Å². The van der Waals surface area contributed by atoms with Gasteiger partial charge in [-0.05, 0) is 49.1 Å². The van der Waals surface area contributed by atoms with Crippen molar-refractivity contribution in [2.45, 2.75) is 25.7 Å². The molecule has 1 atom stereocenters. The van der Waals surface area contributed by atoms with Crippen molar-refractivity contribution in [3.8, 4) is 5.75 Å². The van der Waals surface area contributed by atoms with E-state index in [0.29, 0.717) is 24.4 Å². The molecule has 0 bridgehead atoms. The van der Waals surface area contributed by atoms with Gasteiger partial charge in [0.1, 0.15) is 11.6 Å². The summed E-state index contributed by atoms with van der Waals surface area (Å²) in [7, 11) is 1.68. The van der Waals surface area contributed by atoms with Gasteiger partial charge in [0, 0.05) is 44.4 Å². The van der Waals surface area contributed by atoms with Crippen LogP contribution in [-0.2, 0) is 6.42 Å². The highest BCUT2D eigenvalue weighted by molar-refractivity contribution is 5.99. The van der Waals surface area contributed by atoms with E-state index in [1.807, 2.05) is 19.1 Å². The van der Waals surface area contributed by atoms with Gasteiger partial charge in [0.05, 0.1) is 24.1 Å². The van der Waals surface area contributed by atoms with Crippen LogP contribution in [0.1, 0.15) is 39.6 Å². The number of aryl methyl sites for hydroxylation is 1. The number of fused-ring (bicyclic) bond motifs is 1. The molecule has 1 fully saturated rings. The smallest absolute Gasteiger partial charge is 0.225 e. The van der Waals surface area contributed by atoms with Crippen molar-refractivity contribution in [1.82, 2.24) is 9.97 Å². The average molecular weight is 447 g/mol. The molecule has 0 unspecified atom stereocenters. The van der Waals surface area contributed by atoms with Crippen LogP contribution >= 0.6 is 0 Å². The molecule has 5 rings (SSSR count). The lowest BCUT2D eigenvalue weighted by molar-refractivity contribution is 0.0962. The largest absolute Gasteiger partial charge is 0.497 e. The molecule has 2 aromatic carbocycles. The van der Waals surface area contributed by atoms with Crippen LogP contribution in [0.2, 0.25) is 0 Å². The molecule has 1 aliphatic heterocycles. The van der Waals surface area contributed by atoms with Crippen LogP contribution in [0.15, 0.2) is 48.5 Å². The number of nitrogens with zero attached hydrogens (tertiary/aromatic N) is 4. The third kappa shape index (κ3) is 4.27. The van der Waals surface area contributed by atoms with Crippen molar-refractivity contribution in [1.29, 1.82) is 0 Å². The molecule has 0 radical (unpaired) electrons. The number of carbonyl (C=O) groups excluding carboxylic acids is 1. The molecule has 7 heteroatoms.